The number of fused-ring (bicyclic) bond motifs is 1. The molecule has 4 heteroatoms. The number of para-hydroxylation sites is 1. The highest BCUT2D eigenvalue weighted by Crippen LogP contribution is 2.22. The quantitative estimate of drug-likeness (QED) is 0.798. The van der Waals surface area contributed by atoms with Crippen LogP contribution >= 0.6 is 0 Å². The highest BCUT2D eigenvalue weighted by molar-refractivity contribution is 6.03. The zero-order valence-electron chi connectivity index (χ0n) is 11.2. The second-order valence-electron chi connectivity index (χ2n) is 4.80. The van der Waals surface area contributed by atoms with E-state index in [1.54, 1.807) is 18.3 Å². The van der Waals surface area contributed by atoms with Gasteiger partial charge in [0.15, 0.2) is 0 Å². The van der Waals surface area contributed by atoms with Gasteiger partial charge in [-0.15, -0.1) is 0 Å². The van der Waals surface area contributed by atoms with Crippen LogP contribution in [0.3, 0.4) is 0 Å². The molecular weight excluding hydrogens is 264 g/mol. The maximum absolute atomic E-state index is 11.3. The Kier molecular flexibility index (Phi) is 3.17. The minimum atomic E-state index is -0.926. The number of benzene rings is 2. The predicted molar refractivity (Wildman–Crippen MR) is 79.2 cm³/mol. The molecule has 3 rings (SSSR count). The van der Waals surface area contributed by atoms with Crippen LogP contribution < -0.4 is 0 Å². The number of carbonyl (C=O) groups is 1. The lowest BCUT2D eigenvalue weighted by Gasteiger charge is -2.05. The van der Waals surface area contributed by atoms with E-state index >= 15 is 0 Å². The molecule has 0 saturated heterocycles. The van der Waals surface area contributed by atoms with Crippen LogP contribution in [0.5, 0.6) is 0 Å². The molecule has 0 spiro atoms. The van der Waals surface area contributed by atoms with E-state index in [-0.39, 0.29) is 0 Å². The molecule has 0 bridgehead atoms. The lowest BCUT2D eigenvalue weighted by molar-refractivity contribution is 0.0699. The van der Waals surface area contributed by atoms with Crippen molar-refractivity contribution in [2.24, 2.45) is 0 Å². The standard InChI is InChI=1S/C17H12N2O2/c18-9-12-5-7-13(8-6-12)10-19-11-15(17(20)21)14-3-1-2-4-16(14)19/h1-8,11H,10H2,(H,20,21). The van der Waals surface area contributed by atoms with Gasteiger partial charge in [0.1, 0.15) is 0 Å². The third kappa shape index (κ3) is 2.37. The van der Waals surface area contributed by atoms with Crippen molar-refractivity contribution in [2.75, 3.05) is 0 Å². The Labute approximate surface area is 121 Å². The zero-order chi connectivity index (χ0) is 14.8. The smallest absolute Gasteiger partial charge is 0.337 e. The van der Waals surface area contributed by atoms with Gasteiger partial charge in [-0.25, -0.2) is 4.79 Å². The van der Waals surface area contributed by atoms with Crippen molar-refractivity contribution in [1.82, 2.24) is 4.57 Å². The van der Waals surface area contributed by atoms with E-state index < -0.39 is 5.97 Å². The van der Waals surface area contributed by atoms with E-state index in [0.29, 0.717) is 17.7 Å². The third-order valence-corrected chi connectivity index (χ3v) is 3.45. The number of aromatic nitrogens is 1. The molecule has 1 aromatic heterocycles. The number of aromatic carboxylic acids is 1. The topological polar surface area (TPSA) is 66.0 Å². The molecule has 0 saturated carbocycles. The molecule has 102 valence electrons. The minimum absolute atomic E-state index is 0.305. The first-order valence-corrected chi connectivity index (χ1v) is 6.49. The average molecular weight is 276 g/mol. The minimum Gasteiger partial charge on any atom is -0.478 e. The Bertz CT molecular complexity index is 855. The van der Waals surface area contributed by atoms with Gasteiger partial charge in [-0.05, 0) is 23.8 Å². The van der Waals surface area contributed by atoms with E-state index in [0.717, 1.165) is 16.5 Å². The van der Waals surface area contributed by atoms with Gasteiger partial charge >= 0.3 is 5.97 Å². The van der Waals surface area contributed by atoms with Crippen molar-refractivity contribution in [3.05, 3.63) is 71.4 Å². The van der Waals surface area contributed by atoms with Crippen LogP contribution in [0.25, 0.3) is 10.9 Å². The number of hydrogen-bond donors (Lipinski definition) is 1. The normalized spacial score (nSPS) is 10.4. The summed E-state index contributed by atoms with van der Waals surface area (Å²) < 4.78 is 1.92. The Hall–Kier alpha value is -3.06. The Morgan fingerprint density at radius 2 is 1.86 bits per heavy atom. The number of nitriles is 1. The molecule has 0 atom stereocenters. The molecule has 0 aliphatic heterocycles. The van der Waals surface area contributed by atoms with Crippen molar-refractivity contribution in [3.8, 4) is 6.07 Å². The van der Waals surface area contributed by atoms with Crippen LogP contribution in [0.4, 0.5) is 0 Å². The molecule has 0 radical (unpaired) electrons. The molecular formula is C17H12N2O2. The summed E-state index contributed by atoms with van der Waals surface area (Å²) in [5, 5.41) is 18.8. The lowest BCUT2D eigenvalue weighted by atomic mass is 10.1. The zero-order valence-corrected chi connectivity index (χ0v) is 11.2. The Morgan fingerprint density at radius 3 is 2.52 bits per heavy atom. The summed E-state index contributed by atoms with van der Waals surface area (Å²) in [5.74, 6) is -0.926. The molecule has 0 unspecified atom stereocenters. The van der Waals surface area contributed by atoms with Crippen LogP contribution in [0, 0.1) is 11.3 Å². The molecule has 0 aliphatic rings. The van der Waals surface area contributed by atoms with Crippen molar-refractivity contribution in [2.45, 2.75) is 6.54 Å². The van der Waals surface area contributed by atoms with Gasteiger partial charge in [0.2, 0.25) is 0 Å². The summed E-state index contributed by atoms with van der Waals surface area (Å²) >= 11 is 0. The summed E-state index contributed by atoms with van der Waals surface area (Å²) in [6.07, 6.45) is 1.66. The fourth-order valence-corrected chi connectivity index (χ4v) is 2.43. The van der Waals surface area contributed by atoms with Gasteiger partial charge in [-0.1, -0.05) is 30.3 Å². The van der Waals surface area contributed by atoms with Gasteiger partial charge in [0.05, 0.1) is 17.2 Å². The largest absolute Gasteiger partial charge is 0.478 e. The SMILES string of the molecule is N#Cc1ccc(Cn2cc(C(=O)O)c3ccccc32)cc1. The first-order valence-electron chi connectivity index (χ1n) is 6.49. The van der Waals surface area contributed by atoms with E-state index in [1.165, 1.54) is 0 Å². The summed E-state index contributed by atoms with van der Waals surface area (Å²) in [7, 11) is 0. The average Bonchev–Trinajstić information content (AvgIpc) is 2.87. The summed E-state index contributed by atoms with van der Waals surface area (Å²) in [5.41, 5.74) is 2.83. The summed E-state index contributed by atoms with van der Waals surface area (Å²) in [6, 6.07) is 16.8. The first kappa shape index (κ1) is 12.9. The van der Waals surface area contributed by atoms with Gasteiger partial charge in [0.25, 0.3) is 0 Å². The monoisotopic (exact) mass is 276 g/mol. The van der Waals surface area contributed by atoms with Gasteiger partial charge < -0.3 is 9.67 Å². The highest BCUT2D eigenvalue weighted by Gasteiger charge is 2.13. The number of hydrogen-bond acceptors (Lipinski definition) is 2. The van der Waals surface area contributed by atoms with Crippen LogP contribution in [0.1, 0.15) is 21.5 Å². The molecule has 4 nitrogen and oxygen atoms in total. The van der Waals surface area contributed by atoms with Crippen LogP contribution in [0.2, 0.25) is 0 Å². The molecule has 0 aliphatic carbocycles. The number of carboxylic acids is 1. The fraction of sp³-hybridized carbons (Fsp3) is 0.0588. The van der Waals surface area contributed by atoms with Crippen LogP contribution in [-0.2, 0) is 6.54 Å². The molecule has 0 fully saturated rings. The molecule has 0 amide bonds. The second kappa shape index (κ2) is 5.14. The van der Waals surface area contributed by atoms with Crippen molar-refractivity contribution >= 4 is 16.9 Å². The van der Waals surface area contributed by atoms with Gasteiger partial charge in [-0.2, -0.15) is 5.26 Å². The Balaban J connectivity index is 2.04. The van der Waals surface area contributed by atoms with Crippen LogP contribution in [-0.4, -0.2) is 15.6 Å². The number of carboxylic acid groups (broad SMARTS) is 1. The van der Waals surface area contributed by atoms with E-state index in [9.17, 15) is 9.90 Å². The van der Waals surface area contributed by atoms with E-state index in [4.69, 9.17) is 5.26 Å². The molecule has 3 aromatic rings. The number of nitrogens with zero attached hydrogens (tertiary/aromatic N) is 2. The van der Waals surface area contributed by atoms with Crippen molar-refractivity contribution in [1.29, 1.82) is 5.26 Å². The molecule has 21 heavy (non-hydrogen) atoms. The van der Waals surface area contributed by atoms with Crippen LogP contribution in [0.15, 0.2) is 54.7 Å². The third-order valence-electron chi connectivity index (χ3n) is 3.45. The number of rotatable bonds is 3. The maximum Gasteiger partial charge on any atom is 0.337 e. The Morgan fingerprint density at radius 1 is 1.14 bits per heavy atom. The summed E-state index contributed by atoms with van der Waals surface area (Å²) in [6.45, 7) is 0.569. The summed E-state index contributed by atoms with van der Waals surface area (Å²) in [4.78, 5) is 11.3. The lowest BCUT2D eigenvalue weighted by Crippen LogP contribution is -1.98. The fourth-order valence-electron chi connectivity index (χ4n) is 2.43. The molecule has 1 heterocycles. The van der Waals surface area contributed by atoms with E-state index in [2.05, 4.69) is 6.07 Å². The highest BCUT2D eigenvalue weighted by atomic mass is 16.4. The van der Waals surface area contributed by atoms with Gasteiger partial charge in [0, 0.05) is 23.6 Å². The van der Waals surface area contributed by atoms with Crippen molar-refractivity contribution < 1.29 is 9.90 Å². The second-order valence-corrected chi connectivity index (χ2v) is 4.80. The molecule has 1 N–H and O–H groups in total. The first-order chi connectivity index (χ1) is 10.2. The maximum atomic E-state index is 11.3. The van der Waals surface area contributed by atoms with E-state index in [1.807, 2.05) is 41.0 Å². The van der Waals surface area contributed by atoms with Crippen molar-refractivity contribution in [3.63, 3.8) is 0 Å². The molecule has 2 aromatic carbocycles. The van der Waals surface area contributed by atoms with Gasteiger partial charge in [-0.3, -0.25) is 0 Å². The predicted octanol–water partition coefficient (Wildman–Crippen LogP) is 3.26.